The van der Waals surface area contributed by atoms with E-state index in [4.69, 9.17) is 4.74 Å². The van der Waals surface area contributed by atoms with Gasteiger partial charge in [-0.1, -0.05) is 0 Å². The molecular formula is C17H21F2N5O2. The second kappa shape index (κ2) is 6.46. The Labute approximate surface area is 149 Å². The van der Waals surface area contributed by atoms with Gasteiger partial charge in [0.25, 0.3) is 11.8 Å². The third-order valence-electron chi connectivity index (χ3n) is 4.94. The first-order valence-electron chi connectivity index (χ1n) is 8.77. The van der Waals surface area contributed by atoms with Crippen molar-refractivity contribution in [3.05, 3.63) is 24.0 Å². The molecule has 1 atom stereocenters. The molecule has 1 amide bonds. The van der Waals surface area contributed by atoms with Crippen LogP contribution in [0.3, 0.4) is 0 Å². The Bertz CT molecular complexity index is 815. The van der Waals surface area contributed by atoms with Gasteiger partial charge in [-0.25, -0.2) is 13.8 Å². The normalized spacial score (nSPS) is 23.4. The predicted octanol–water partition coefficient (Wildman–Crippen LogP) is 1.50. The zero-order chi connectivity index (χ0) is 18.3. The van der Waals surface area contributed by atoms with E-state index in [0.717, 1.165) is 17.2 Å². The first kappa shape index (κ1) is 17.1. The van der Waals surface area contributed by atoms with E-state index in [0.29, 0.717) is 19.7 Å². The van der Waals surface area contributed by atoms with Gasteiger partial charge in [0.2, 0.25) is 0 Å². The molecule has 4 rings (SSSR count). The molecule has 2 aliphatic heterocycles. The molecule has 2 saturated heterocycles. The number of aromatic nitrogens is 3. The number of likely N-dealkylation sites (tertiary alicyclic amines) is 1. The van der Waals surface area contributed by atoms with Crippen LogP contribution in [-0.2, 0) is 9.53 Å². The van der Waals surface area contributed by atoms with Crippen molar-refractivity contribution in [3.8, 4) is 0 Å². The Morgan fingerprint density at radius 1 is 1.31 bits per heavy atom. The largest absolute Gasteiger partial charge is 0.365 e. The summed E-state index contributed by atoms with van der Waals surface area (Å²) in [6, 6.07) is 3.75. The second-order valence-electron chi connectivity index (χ2n) is 6.84. The number of aryl methyl sites for hydroxylation is 1. The molecule has 1 unspecified atom stereocenters. The Balaban J connectivity index is 1.50. The molecule has 0 aliphatic carbocycles. The first-order chi connectivity index (χ1) is 12.4. The number of carbonyl (C=O) groups excluding carboxylic acids is 1. The number of fused-ring (bicyclic) bond motifs is 1. The van der Waals surface area contributed by atoms with Gasteiger partial charge in [-0.15, -0.1) is 0 Å². The molecule has 4 heterocycles. The van der Waals surface area contributed by atoms with Crippen LogP contribution in [0.5, 0.6) is 0 Å². The van der Waals surface area contributed by atoms with E-state index >= 15 is 0 Å². The third-order valence-corrected chi connectivity index (χ3v) is 4.94. The fourth-order valence-corrected chi connectivity index (χ4v) is 3.51. The molecular weight excluding hydrogens is 344 g/mol. The maximum absolute atomic E-state index is 13.3. The minimum absolute atomic E-state index is 0.0729. The summed E-state index contributed by atoms with van der Waals surface area (Å²) >= 11 is 0. The van der Waals surface area contributed by atoms with E-state index in [1.54, 1.807) is 10.7 Å². The number of morpholine rings is 1. The molecule has 0 saturated carbocycles. The van der Waals surface area contributed by atoms with Crippen LogP contribution in [0.1, 0.15) is 18.5 Å². The zero-order valence-electron chi connectivity index (χ0n) is 14.6. The number of hydrogen-bond acceptors (Lipinski definition) is 5. The van der Waals surface area contributed by atoms with Gasteiger partial charge >= 0.3 is 0 Å². The molecule has 9 heteroatoms. The molecule has 0 N–H and O–H groups in total. The first-order valence-corrected chi connectivity index (χ1v) is 8.77. The van der Waals surface area contributed by atoms with Crippen LogP contribution in [0.4, 0.5) is 14.6 Å². The lowest BCUT2D eigenvalue weighted by atomic mass is 10.1. The monoisotopic (exact) mass is 365 g/mol. The molecule has 0 aromatic carbocycles. The lowest BCUT2D eigenvalue weighted by molar-refractivity contribution is -0.150. The summed E-state index contributed by atoms with van der Waals surface area (Å²) in [7, 11) is 0. The average Bonchev–Trinajstić information content (AvgIpc) is 3.09. The molecule has 0 spiro atoms. The number of hydrogen-bond donors (Lipinski definition) is 0. The number of anilines is 1. The van der Waals surface area contributed by atoms with Gasteiger partial charge < -0.3 is 14.5 Å². The molecule has 2 aliphatic rings. The second-order valence-corrected chi connectivity index (χ2v) is 6.84. The highest BCUT2D eigenvalue weighted by Crippen LogP contribution is 2.28. The van der Waals surface area contributed by atoms with Crippen LogP contribution in [0, 0.1) is 6.92 Å². The summed E-state index contributed by atoms with van der Waals surface area (Å²) in [4.78, 5) is 20.7. The van der Waals surface area contributed by atoms with Gasteiger partial charge in [-0.3, -0.25) is 4.79 Å². The molecule has 140 valence electrons. The number of alkyl halides is 2. The molecule has 2 aromatic rings. The number of piperidine rings is 1. The molecule has 2 aromatic heterocycles. The summed E-state index contributed by atoms with van der Waals surface area (Å²) in [5.74, 6) is -2.03. The van der Waals surface area contributed by atoms with Crippen molar-refractivity contribution in [2.45, 2.75) is 31.8 Å². The molecule has 0 radical (unpaired) electrons. The highest BCUT2D eigenvalue weighted by Gasteiger charge is 2.38. The highest BCUT2D eigenvalue weighted by atomic mass is 19.3. The molecule has 7 nitrogen and oxygen atoms in total. The smallest absolute Gasteiger partial charge is 0.253 e. The van der Waals surface area contributed by atoms with Crippen molar-refractivity contribution in [1.29, 1.82) is 0 Å². The maximum atomic E-state index is 13.3. The molecule has 26 heavy (non-hydrogen) atoms. The summed E-state index contributed by atoms with van der Waals surface area (Å²) in [6.45, 7) is 3.44. The Kier molecular flexibility index (Phi) is 4.26. The van der Waals surface area contributed by atoms with Gasteiger partial charge in [0.15, 0.2) is 11.8 Å². The van der Waals surface area contributed by atoms with Gasteiger partial charge in [-0.2, -0.15) is 9.61 Å². The fraction of sp³-hybridized carbons (Fsp3) is 0.588. The number of ether oxygens (including phenoxy) is 1. The zero-order valence-corrected chi connectivity index (χ0v) is 14.6. The number of nitrogens with zero attached hydrogens (tertiary/aromatic N) is 5. The van der Waals surface area contributed by atoms with Crippen LogP contribution in [0.15, 0.2) is 18.3 Å². The summed E-state index contributed by atoms with van der Waals surface area (Å²) in [5, 5.41) is 4.30. The number of amides is 1. The van der Waals surface area contributed by atoms with Gasteiger partial charge in [0, 0.05) is 50.3 Å². The lowest BCUT2D eigenvalue weighted by Crippen LogP contribution is -2.53. The van der Waals surface area contributed by atoms with E-state index in [1.165, 1.54) is 4.90 Å². The van der Waals surface area contributed by atoms with Crippen LogP contribution >= 0.6 is 0 Å². The van der Waals surface area contributed by atoms with Gasteiger partial charge in [0.1, 0.15) is 5.82 Å². The van der Waals surface area contributed by atoms with Crippen LogP contribution < -0.4 is 4.90 Å². The van der Waals surface area contributed by atoms with E-state index < -0.39 is 12.0 Å². The molecule has 0 bridgehead atoms. The Morgan fingerprint density at radius 2 is 2.08 bits per heavy atom. The fourth-order valence-electron chi connectivity index (χ4n) is 3.51. The standard InChI is InChI=1S/C17H21F2N5O2/c1-12-10-15(24-14(21-12)2-5-20-24)23-8-9-26-13(11-23)16(25)22-6-3-17(18,19)4-7-22/h2,5,10,13H,3-4,6-9,11H2,1H3. The summed E-state index contributed by atoms with van der Waals surface area (Å²) < 4.78 is 34.1. The minimum Gasteiger partial charge on any atom is -0.365 e. The number of halogens is 2. The van der Waals surface area contributed by atoms with Crippen LogP contribution in [-0.4, -0.2) is 70.2 Å². The van der Waals surface area contributed by atoms with E-state index in [-0.39, 0.29) is 31.8 Å². The molecule has 2 fully saturated rings. The van der Waals surface area contributed by atoms with E-state index in [1.807, 2.05) is 24.0 Å². The van der Waals surface area contributed by atoms with Crippen LogP contribution in [0.2, 0.25) is 0 Å². The SMILES string of the molecule is Cc1cc(N2CCOC(C(=O)N3CCC(F)(F)CC3)C2)n2nccc2n1. The number of rotatable bonds is 2. The van der Waals surface area contributed by atoms with Crippen molar-refractivity contribution >= 4 is 17.4 Å². The quantitative estimate of drug-likeness (QED) is 0.807. The highest BCUT2D eigenvalue weighted by molar-refractivity contribution is 5.82. The summed E-state index contributed by atoms with van der Waals surface area (Å²) in [6.07, 6.45) is 0.455. The van der Waals surface area contributed by atoms with Crippen molar-refractivity contribution in [3.63, 3.8) is 0 Å². The lowest BCUT2D eigenvalue weighted by Gasteiger charge is -2.38. The van der Waals surface area contributed by atoms with Crippen molar-refractivity contribution < 1.29 is 18.3 Å². The van der Waals surface area contributed by atoms with E-state index in [2.05, 4.69) is 10.1 Å². The van der Waals surface area contributed by atoms with Gasteiger partial charge in [0.05, 0.1) is 19.3 Å². The predicted molar refractivity (Wildman–Crippen MR) is 90.4 cm³/mol. The Morgan fingerprint density at radius 3 is 2.85 bits per heavy atom. The maximum Gasteiger partial charge on any atom is 0.253 e. The van der Waals surface area contributed by atoms with Gasteiger partial charge in [-0.05, 0) is 6.92 Å². The van der Waals surface area contributed by atoms with Crippen molar-refractivity contribution in [1.82, 2.24) is 19.5 Å². The average molecular weight is 365 g/mol. The van der Waals surface area contributed by atoms with Crippen molar-refractivity contribution in [2.75, 3.05) is 37.7 Å². The van der Waals surface area contributed by atoms with E-state index in [9.17, 15) is 13.6 Å². The van der Waals surface area contributed by atoms with Crippen LogP contribution in [0.25, 0.3) is 5.65 Å². The van der Waals surface area contributed by atoms with Crippen molar-refractivity contribution in [2.24, 2.45) is 0 Å². The third kappa shape index (κ3) is 3.23. The Hall–Kier alpha value is -2.29. The number of carbonyl (C=O) groups is 1. The summed E-state index contributed by atoms with van der Waals surface area (Å²) in [5.41, 5.74) is 1.60. The topological polar surface area (TPSA) is 63.0 Å². The minimum atomic E-state index is -2.67.